The summed E-state index contributed by atoms with van der Waals surface area (Å²) in [7, 11) is 3.05. The standard InChI is InChI=1S/C47H73NO13/c1-10-14-34-22-28(3)21-29(4)23-39(56-8)43-40(57-9)25-31(6)47(55,61-43)44(52)45(53)48-20-13-12-15-36(48)46(54)60-42(32(7)37(49)26-38(34)50)30(5)24-33-16-18-35(19-17-33)59-27-41(51)58-11-2/h10,22,24,29,31-37,39-40,42-43,49,55H,1,11-21,23,25-27H2,2-9H3/b28-22+,30-24+/t29-,31+,32+,33?,34+,35?,36-,37-,39-,40-,42+,43+,47+/m0/s1. The summed E-state index contributed by atoms with van der Waals surface area (Å²) < 4.78 is 35.1. The molecule has 0 aromatic carbocycles. The highest BCUT2D eigenvalue weighted by atomic mass is 16.7. The smallest absolute Gasteiger partial charge is 0.332 e. The average Bonchev–Trinajstić information content (AvgIpc) is 3.23. The van der Waals surface area contributed by atoms with Gasteiger partial charge in [0, 0.05) is 44.9 Å². The minimum Gasteiger partial charge on any atom is -0.464 e. The molecule has 2 bridgehead atoms. The first-order valence-corrected chi connectivity index (χ1v) is 22.4. The summed E-state index contributed by atoms with van der Waals surface area (Å²) >= 11 is 0. The van der Waals surface area contributed by atoms with Crippen LogP contribution in [0.4, 0.5) is 0 Å². The van der Waals surface area contributed by atoms with E-state index in [9.17, 15) is 34.2 Å². The summed E-state index contributed by atoms with van der Waals surface area (Å²) in [5.74, 6) is -8.06. The van der Waals surface area contributed by atoms with Gasteiger partial charge in [-0.25, -0.2) is 9.59 Å². The Morgan fingerprint density at radius 2 is 1.67 bits per heavy atom. The van der Waals surface area contributed by atoms with Crippen molar-refractivity contribution >= 4 is 29.4 Å². The fourth-order valence-corrected chi connectivity index (χ4v) is 9.69. The Kier molecular flexibility index (Phi) is 19.3. The van der Waals surface area contributed by atoms with E-state index in [1.165, 1.54) is 19.1 Å². The first-order chi connectivity index (χ1) is 29.0. The van der Waals surface area contributed by atoms with Gasteiger partial charge in [-0.05, 0) is 109 Å². The molecule has 0 unspecified atom stereocenters. The number of rotatable bonds is 10. The number of allylic oxidation sites excluding steroid dienone is 4. The van der Waals surface area contributed by atoms with E-state index < -0.39 is 83.7 Å². The van der Waals surface area contributed by atoms with E-state index in [2.05, 4.69) is 6.58 Å². The van der Waals surface area contributed by atoms with E-state index in [4.69, 9.17) is 28.4 Å². The Hall–Kier alpha value is -3.27. The van der Waals surface area contributed by atoms with Crippen LogP contribution >= 0.6 is 0 Å². The van der Waals surface area contributed by atoms with E-state index in [1.54, 1.807) is 26.8 Å². The molecule has 1 amide bonds. The van der Waals surface area contributed by atoms with Crippen molar-refractivity contribution in [2.75, 3.05) is 34.0 Å². The predicted octanol–water partition coefficient (Wildman–Crippen LogP) is 5.60. The zero-order valence-corrected chi connectivity index (χ0v) is 37.8. The summed E-state index contributed by atoms with van der Waals surface area (Å²) in [5, 5.41) is 23.8. The Morgan fingerprint density at radius 1 is 1.00 bits per heavy atom. The molecule has 4 rings (SSSR count). The van der Waals surface area contributed by atoms with Crippen molar-refractivity contribution in [1.82, 2.24) is 4.90 Å². The van der Waals surface area contributed by atoms with Crippen molar-refractivity contribution < 1.29 is 62.6 Å². The van der Waals surface area contributed by atoms with Gasteiger partial charge in [0.25, 0.3) is 11.7 Å². The van der Waals surface area contributed by atoms with Crippen LogP contribution in [0.1, 0.15) is 119 Å². The third kappa shape index (κ3) is 13.1. The summed E-state index contributed by atoms with van der Waals surface area (Å²) in [5.41, 5.74) is 1.64. The molecule has 14 nitrogen and oxygen atoms in total. The molecule has 0 spiro atoms. The maximum Gasteiger partial charge on any atom is 0.332 e. The van der Waals surface area contributed by atoms with Gasteiger partial charge in [-0.15, -0.1) is 6.58 Å². The molecule has 11 atom stereocenters. The van der Waals surface area contributed by atoms with Crippen LogP contribution in [-0.4, -0.2) is 127 Å². The zero-order chi connectivity index (χ0) is 45.0. The highest BCUT2D eigenvalue weighted by Gasteiger charge is 2.56. The number of methoxy groups -OCH3 is 2. The molecule has 2 N–H and O–H groups in total. The summed E-state index contributed by atoms with van der Waals surface area (Å²) in [6.45, 7) is 15.1. The second-order valence-electron chi connectivity index (χ2n) is 18.0. The number of amides is 1. The molecule has 3 aliphatic heterocycles. The number of cyclic esters (lactones) is 1. The molecule has 14 heteroatoms. The quantitative estimate of drug-likeness (QED) is 0.157. The summed E-state index contributed by atoms with van der Waals surface area (Å²) in [6, 6.07) is -1.14. The average molecular weight is 860 g/mol. The Balaban J connectivity index is 1.71. The van der Waals surface area contributed by atoms with E-state index in [0.717, 1.165) is 18.4 Å². The fraction of sp³-hybridized carbons (Fsp3) is 0.766. The molecule has 3 fully saturated rings. The lowest BCUT2D eigenvalue weighted by atomic mass is 9.82. The molecular weight excluding hydrogens is 787 g/mol. The number of carbonyl (C=O) groups excluding carboxylic acids is 5. The zero-order valence-electron chi connectivity index (χ0n) is 37.8. The lowest BCUT2D eigenvalue weighted by Gasteiger charge is -2.47. The molecule has 0 aromatic heterocycles. The number of hydrogen-bond acceptors (Lipinski definition) is 13. The van der Waals surface area contributed by atoms with Crippen LogP contribution < -0.4 is 0 Å². The van der Waals surface area contributed by atoms with Gasteiger partial charge in [0.2, 0.25) is 5.79 Å². The second-order valence-corrected chi connectivity index (χ2v) is 18.0. The molecule has 1 saturated carbocycles. The minimum atomic E-state index is -2.51. The first-order valence-electron chi connectivity index (χ1n) is 22.4. The highest BCUT2D eigenvalue weighted by Crippen LogP contribution is 2.39. The molecule has 344 valence electrons. The molecule has 4 aliphatic rings. The van der Waals surface area contributed by atoms with Crippen molar-refractivity contribution in [1.29, 1.82) is 0 Å². The molecule has 61 heavy (non-hydrogen) atoms. The van der Waals surface area contributed by atoms with Crippen molar-refractivity contribution in [2.45, 2.75) is 167 Å². The molecule has 3 heterocycles. The SMILES string of the molecule is C=CC[C@@H]1/C=C(\C)C[C@H](C)C[C@H](OC)[C@H]2O[C@@](O)(C(=O)C(=O)N3CCCC[C@H]3C(=O)O[C@H](/C(C)=C/C3CCC(OCC(=O)OCC)CC3)[C@H](C)[C@@H](O)CC1=O)[C@H](C)C[C@@H]2OC. The molecule has 0 radical (unpaired) electrons. The predicted molar refractivity (Wildman–Crippen MR) is 227 cm³/mol. The maximum atomic E-state index is 14.4. The monoisotopic (exact) mass is 860 g/mol. The number of fused-ring (bicyclic) bond motifs is 3. The molecule has 2 saturated heterocycles. The number of carbonyl (C=O) groups is 5. The number of ether oxygens (including phenoxy) is 6. The van der Waals surface area contributed by atoms with Crippen LogP contribution in [0.5, 0.6) is 0 Å². The van der Waals surface area contributed by atoms with Crippen molar-refractivity contribution in [3.63, 3.8) is 0 Å². The van der Waals surface area contributed by atoms with Gasteiger partial charge in [-0.1, -0.05) is 44.6 Å². The third-order valence-corrected chi connectivity index (χ3v) is 13.2. The van der Waals surface area contributed by atoms with E-state index in [1.807, 2.05) is 32.9 Å². The van der Waals surface area contributed by atoms with Gasteiger partial charge in [0.1, 0.15) is 30.6 Å². The minimum absolute atomic E-state index is 0.00579. The number of nitrogens with zero attached hydrogens (tertiary/aromatic N) is 1. The largest absolute Gasteiger partial charge is 0.464 e. The maximum absolute atomic E-state index is 14.4. The highest BCUT2D eigenvalue weighted by molar-refractivity contribution is 6.39. The van der Waals surface area contributed by atoms with Crippen molar-refractivity contribution in [3.8, 4) is 0 Å². The second kappa shape index (κ2) is 23.4. The van der Waals surface area contributed by atoms with Crippen LogP contribution in [0.2, 0.25) is 0 Å². The number of ketones is 2. The number of hydrogen-bond donors (Lipinski definition) is 2. The molecular formula is C47H73NO13. The Morgan fingerprint density at radius 3 is 2.31 bits per heavy atom. The fourth-order valence-electron chi connectivity index (χ4n) is 9.69. The van der Waals surface area contributed by atoms with Gasteiger partial charge in [-0.3, -0.25) is 14.4 Å². The lowest BCUT2D eigenvalue weighted by molar-refractivity contribution is -0.302. The topological polar surface area (TPSA) is 184 Å². The molecule has 0 aromatic rings. The number of aliphatic hydroxyl groups is 2. The van der Waals surface area contributed by atoms with Crippen LogP contribution in [0.15, 0.2) is 36.0 Å². The number of aliphatic hydroxyl groups excluding tert-OH is 1. The van der Waals surface area contributed by atoms with Crippen molar-refractivity contribution in [2.24, 2.45) is 29.6 Å². The summed E-state index contributed by atoms with van der Waals surface area (Å²) in [4.78, 5) is 69.9. The van der Waals surface area contributed by atoms with Crippen LogP contribution in [0.25, 0.3) is 0 Å². The first kappa shape index (κ1) is 50.4. The normalized spacial score (nSPS) is 37.7. The van der Waals surface area contributed by atoms with Gasteiger partial charge in [-0.2, -0.15) is 0 Å². The third-order valence-electron chi connectivity index (χ3n) is 13.2. The van der Waals surface area contributed by atoms with Crippen molar-refractivity contribution in [3.05, 3.63) is 36.0 Å². The Labute approximate surface area is 362 Å². The van der Waals surface area contributed by atoms with Gasteiger partial charge in [0.15, 0.2) is 0 Å². The van der Waals surface area contributed by atoms with Gasteiger partial charge < -0.3 is 43.5 Å². The number of piperidine rings is 1. The van der Waals surface area contributed by atoms with E-state index >= 15 is 0 Å². The van der Waals surface area contributed by atoms with Gasteiger partial charge in [0.05, 0.1) is 31.0 Å². The van der Waals surface area contributed by atoms with Crippen LogP contribution in [0, 0.1) is 29.6 Å². The van der Waals surface area contributed by atoms with Crippen LogP contribution in [0.3, 0.4) is 0 Å². The number of Topliss-reactive ketones (excluding diaryl/α,β-unsaturated/α-hetero) is 2. The van der Waals surface area contributed by atoms with Crippen LogP contribution in [-0.2, 0) is 52.4 Å². The van der Waals surface area contributed by atoms with E-state index in [0.29, 0.717) is 50.5 Å². The lowest BCUT2D eigenvalue weighted by Crippen LogP contribution is -2.64. The Bertz CT molecular complexity index is 1590. The van der Waals surface area contributed by atoms with Gasteiger partial charge >= 0.3 is 11.9 Å². The molecule has 1 aliphatic carbocycles. The summed E-state index contributed by atoms with van der Waals surface area (Å²) in [6.07, 6.45) is 7.01. The number of esters is 2. The van der Waals surface area contributed by atoms with E-state index in [-0.39, 0.29) is 62.7 Å².